The molecule has 0 saturated heterocycles. The van der Waals surface area contributed by atoms with Gasteiger partial charge in [-0.05, 0) is 44.3 Å². The number of anilines is 1. The molecule has 0 aliphatic heterocycles. The van der Waals surface area contributed by atoms with Crippen molar-refractivity contribution in [1.82, 2.24) is 20.4 Å². The van der Waals surface area contributed by atoms with E-state index >= 15 is 0 Å². The van der Waals surface area contributed by atoms with Crippen LogP contribution in [0.5, 0.6) is 5.75 Å². The first-order chi connectivity index (χ1) is 10.0. The van der Waals surface area contributed by atoms with Gasteiger partial charge in [-0.1, -0.05) is 0 Å². The summed E-state index contributed by atoms with van der Waals surface area (Å²) in [5, 5.41) is 16.2. The number of hydrogen-bond donors (Lipinski definition) is 3. The lowest BCUT2D eigenvalue weighted by Crippen LogP contribution is -2.25. The number of hydrazone groups is 1. The van der Waals surface area contributed by atoms with E-state index in [1.807, 2.05) is 19.9 Å². The molecule has 2 aromatic heterocycles. The van der Waals surface area contributed by atoms with Crippen LogP contribution in [0.25, 0.3) is 0 Å². The van der Waals surface area contributed by atoms with E-state index in [1.165, 1.54) is 18.5 Å². The van der Waals surface area contributed by atoms with Crippen LogP contribution in [-0.4, -0.2) is 31.4 Å². The van der Waals surface area contributed by atoms with Gasteiger partial charge < -0.3 is 5.11 Å². The molecule has 0 aliphatic rings. The van der Waals surface area contributed by atoms with Gasteiger partial charge in [0.1, 0.15) is 5.75 Å². The number of hydrogen-bond acceptors (Lipinski definition) is 6. The molecule has 0 fully saturated rings. The molecule has 0 saturated carbocycles. The fraction of sp³-hybridized carbons (Fsp3) is 0.154. The zero-order valence-corrected chi connectivity index (χ0v) is 12.3. The van der Waals surface area contributed by atoms with Gasteiger partial charge in [-0.15, -0.1) is 0 Å². The molecule has 0 amide bonds. The highest BCUT2D eigenvalue weighted by Gasteiger charge is 2.01. The Hall–Kier alpha value is -2.61. The maximum Gasteiger partial charge on any atom is 0.229 e. The summed E-state index contributed by atoms with van der Waals surface area (Å²) < 4.78 is 0. The molecule has 0 radical (unpaired) electrons. The van der Waals surface area contributed by atoms with Crippen LogP contribution < -0.4 is 10.7 Å². The molecular formula is C13H14N6OS. The number of aromatic hydroxyl groups is 1. The third-order valence-electron chi connectivity index (χ3n) is 2.34. The summed E-state index contributed by atoms with van der Waals surface area (Å²) >= 11 is 5.08. The summed E-state index contributed by atoms with van der Waals surface area (Å²) in [6.45, 7) is 3.76. The van der Waals surface area contributed by atoms with Crippen molar-refractivity contribution in [3.05, 3.63) is 41.5 Å². The third-order valence-corrected chi connectivity index (χ3v) is 2.53. The Balaban J connectivity index is 1.91. The molecule has 0 atom stereocenters. The van der Waals surface area contributed by atoms with Crippen LogP contribution in [0.3, 0.4) is 0 Å². The SMILES string of the molecule is Cc1cc(C)nc(NC(=S)N/N=C\c2ccc(O)cn2)n1. The van der Waals surface area contributed by atoms with Crippen molar-refractivity contribution in [1.29, 1.82) is 0 Å². The molecule has 0 bridgehead atoms. The first-order valence-electron chi connectivity index (χ1n) is 6.10. The first kappa shape index (κ1) is 14.8. The molecule has 2 aromatic rings. The van der Waals surface area contributed by atoms with E-state index in [0.717, 1.165) is 11.4 Å². The zero-order valence-electron chi connectivity index (χ0n) is 11.5. The Labute approximate surface area is 127 Å². The number of aromatic nitrogens is 3. The van der Waals surface area contributed by atoms with Gasteiger partial charge in [0.25, 0.3) is 0 Å². The van der Waals surface area contributed by atoms with Crippen LogP contribution >= 0.6 is 12.2 Å². The summed E-state index contributed by atoms with van der Waals surface area (Å²) in [6, 6.07) is 5.02. The summed E-state index contributed by atoms with van der Waals surface area (Å²) in [7, 11) is 0. The molecule has 0 unspecified atom stereocenters. The average Bonchev–Trinajstić information content (AvgIpc) is 2.39. The Morgan fingerprint density at radius 3 is 2.62 bits per heavy atom. The van der Waals surface area contributed by atoms with Crippen LogP contribution in [0.4, 0.5) is 5.95 Å². The molecular weight excluding hydrogens is 288 g/mol. The van der Waals surface area contributed by atoms with E-state index in [2.05, 4.69) is 30.8 Å². The topological polar surface area (TPSA) is 95.3 Å². The Morgan fingerprint density at radius 1 is 1.29 bits per heavy atom. The van der Waals surface area contributed by atoms with Crippen molar-refractivity contribution in [2.75, 3.05) is 5.32 Å². The molecule has 0 aliphatic carbocycles. The maximum absolute atomic E-state index is 9.11. The predicted octanol–water partition coefficient (Wildman–Crippen LogP) is 1.51. The Morgan fingerprint density at radius 2 is 2.00 bits per heavy atom. The highest BCUT2D eigenvalue weighted by atomic mass is 32.1. The van der Waals surface area contributed by atoms with Crippen LogP contribution in [0, 0.1) is 13.8 Å². The second kappa shape index (κ2) is 6.71. The van der Waals surface area contributed by atoms with E-state index in [4.69, 9.17) is 17.3 Å². The second-order valence-corrected chi connectivity index (χ2v) is 4.65. The molecule has 0 aromatic carbocycles. The lowest BCUT2D eigenvalue weighted by molar-refractivity contribution is 0.472. The van der Waals surface area contributed by atoms with Crippen LogP contribution in [0.1, 0.15) is 17.1 Å². The van der Waals surface area contributed by atoms with Gasteiger partial charge in [-0.3, -0.25) is 15.7 Å². The van der Waals surface area contributed by atoms with Crippen LogP contribution in [0.15, 0.2) is 29.5 Å². The number of nitrogens with zero attached hydrogens (tertiary/aromatic N) is 4. The maximum atomic E-state index is 9.11. The number of nitrogens with one attached hydrogen (secondary N) is 2. The summed E-state index contributed by atoms with van der Waals surface area (Å²) in [4.78, 5) is 12.4. The predicted molar refractivity (Wildman–Crippen MR) is 84.4 cm³/mol. The van der Waals surface area contributed by atoms with Crippen LogP contribution in [-0.2, 0) is 0 Å². The van der Waals surface area contributed by atoms with Crippen molar-refractivity contribution in [2.24, 2.45) is 5.10 Å². The number of aryl methyl sites for hydroxylation is 2. The smallest absolute Gasteiger partial charge is 0.229 e. The molecule has 7 nitrogen and oxygen atoms in total. The quantitative estimate of drug-likeness (QED) is 0.449. The van der Waals surface area contributed by atoms with Crippen molar-refractivity contribution in [3.8, 4) is 5.75 Å². The average molecular weight is 302 g/mol. The Kier molecular flexibility index (Phi) is 4.72. The first-order valence-corrected chi connectivity index (χ1v) is 6.51. The number of rotatable bonds is 3. The molecule has 0 spiro atoms. The lowest BCUT2D eigenvalue weighted by atomic mass is 10.4. The number of pyridine rings is 1. The minimum Gasteiger partial charge on any atom is -0.506 e. The summed E-state index contributed by atoms with van der Waals surface area (Å²) in [5.41, 5.74) is 4.93. The van der Waals surface area contributed by atoms with E-state index in [9.17, 15) is 0 Å². The molecule has 3 N–H and O–H groups in total. The minimum atomic E-state index is 0.101. The van der Waals surface area contributed by atoms with Gasteiger partial charge in [-0.2, -0.15) is 5.10 Å². The van der Waals surface area contributed by atoms with Crippen LogP contribution in [0.2, 0.25) is 0 Å². The van der Waals surface area contributed by atoms with Gasteiger partial charge in [0, 0.05) is 11.4 Å². The number of thiocarbonyl (C=S) groups is 1. The molecule has 8 heteroatoms. The summed E-state index contributed by atoms with van der Waals surface area (Å²) in [6.07, 6.45) is 2.82. The molecule has 108 valence electrons. The second-order valence-electron chi connectivity index (χ2n) is 4.24. The van der Waals surface area contributed by atoms with Crippen molar-refractivity contribution >= 4 is 29.5 Å². The standard InChI is InChI=1S/C13H14N6OS/c1-8-5-9(2)17-12(16-8)18-13(21)19-15-6-10-3-4-11(20)7-14-10/h3-7,20H,1-2H3,(H2,16,17,18,19,21)/b15-6-. The fourth-order valence-corrected chi connectivity index (χ4v) is 1.69. The van der Waals surface area contributed by atoms with Gasteiger partial charge in [0.15, 0.2) is 5.11 Å². The molecule has 2 heterocycles. The van der Waals surface area contributed by atoms with Gasteiger partial charge >= 0.3 is 0 Å². The van der Waals surface area contributed by atoms with E-state index in [-0.39, 0.29) is 10.9 Å². The normalized spacial score (nSPS) is 10.6. The van der Waals surface area contributed by atoms with Crippen molar-refractivity contribution in [2.45, 2.75) is 13.8 Å². The monoisotopic (exact) mass is 302 g/mol. The van der Waals surface area contributed by atoms with E-state index in [1.54, 1.807) is 6.07 Å². The third kappa shape index (κ3) is 4.77. The lowest BCUT2D eigenvalue weighted by Gasteiger charge is -2.06. The fourth-order valence-electron chi connectivity index (χ4n) is 1.54. The van der Waals surface area contributed by atoms with E-state index in [0.29, 0.717) is 11.6 Å². The van der Waals surface area contributed by atoms with Crippen molar-refractivity contribution in [3.63, 3.8) is 0 Å². The van der Waals surface area contributed by atoms with E-state index < -0.39 is 0 Å². The van der Waals surface area contributed by atoms with Gasteiger partial charge in [0.2, 0.25) is 5.95 Å². The largest absolute Gasteiger partial charge is 0.506 e. The molecule has 21 heavy (non-hydrogen) atoms. The van der Waals surface area contributed by atoms with Crippen molar-refractivity contribution < 1.29 is 5.11 Å². The van der Waals surface area contributed by atoms with Gasteiger partial charge in [0.05, 0.1) is 18.1 Å². The zero-order chi connectivity index (χ0) is 15.2. The highest BCUT2D eigenvalue weighted by Crippen LogP contribution is 2.04. The molecule has 2 rings (SSSR count). The van der Waals surface area contributed by atoms with Gasteiger partial charge in [-0.25, -0.2) is 9.97 Å². The summed E-state index contributed by atoms with van der Waals surface area (Å²) in [5.74, 6) is 0.521. The highest BCUT2D eigenvalue weighted by molar-refractivity contribution is 7.80. The minimum absolute atomic E-state index is 0.101. The Bertz CT molecular complexity index is 651.